The largest absolute Gasteiger partial charge is 0.396 e. The molecule has 5 heteroatoms. The molecule has 0 aliphatic heterocycles. The van der Waals surface area contributed by atoms with Gasteiger partial charge < -0.3 is 15.6 Å². The zero-order valence-corrected chi connectivity index (χ0v) is 9.31. The summed E-state index contributed by atoms with van der Waals surface area (Å²) in [6.07, 6.45) is 2.30. The Morgan fingerprint density at radius 1 is 1.67 bits per heavy atom. The van der Waals surface area contributed by atoms with E-state index in [-0.39, 0.29) is 12.7 Å². The highest BCUT2D eigenvalue weighted by Gasteiger charge is 2.15. The monoisotopic (exact) mass is 213 g/mol. The van der Waals surface area contributed by atoms with Crippen molar-refractivity contribution < 1.29 is 9.84 Å². The van der Waals surface area contributed by atoms with E-state index in [0.717, 1.165) is 11.3 Å². The molecule has 0 aliphatic rings. The second-order valence-electron chi connectivity index (χ2n) is 3.48. The normalized spacial score (nSPS) is 13.1. The molecule has 0 saturated heterocycles. The van der Waals surface area contributed by atoms with Crippen LogP contribution in [0.15, 0.2) is 6.20 Å². The van der Waals surface area contributed by atoms with E-state index in [2.05, 4.69) is 5.10 Å². The summed E-state index contributed by atoms with van der Waals surface area (Å²) in [5.74, 6) is 0. The van der Waals surface area contributed by atoms with Crippen molar-refractivity contribution in [2.24, 2.45) is 12.8 Å². The first-order chi connectivity index (χ1) is 7.20. The number of ether oxygens (including phenoxy) is 1. The minimum atomic E-state index is -0.120. The van der Waals surface area contributed by atoms with E-state index >= 15 is 0 Å². The maximum atomic E-state index is 8.65. The van der Waals surface area contributed by atoms with Crippen molar-refractivity contribution in [3.05, 3.63) is 17.5 Å². The third-order valence-electron chi connectivity index (χ3n) is 2.46. The Morgan fingerprint density at radius 2 is 2.40 bits per heavy atom. The average molecular weight is 213 g/mol. The van der Waals surface area contributed by atoms with Crippen LogP contribution in [0.2, 0.25) is 0 Å². The van der Waals surface area contributed by atoms with Crippen LogP contribution < -0.4 is 5.73 Å². The van der Waals surface area contributed by atoms with Gasteiger partial charge in [-0.3, -0.25) is 4.68 Å². The van der Waals surface area contributed by atoms with Crippen LogP contribution in [0.1, 0.15) is 23.8 Å². The van der Waals surface area contributed by atoms with Gasteiger partial charge >= 0.3 is 0 Å². The van der Waals surface area contributed by atoms with E-state index < -0.39 is 0 Å². The van der Waals surface area contributed by atoms with Gasteiger partial charge in [0.05, 0.1) is 12.3 Å². The maximum Gasteiger partial charge on any atom is 0.0979 e. The van der Waals surface area contributed by atoms with Crippen LogP contribution in [-0.2, 0) is 11.8 Å². The van der Waals surface area contributed by atoms with Crippen molar-refractivity contribution in [2.75, 3.05) is 19.8 Å². The van der Waals surface area contributed by atoms with Gasteiger partial charge in [0.15, 0.2) is 0 Å². The first kappa shape index (κ1) is 12.2. The van der Waals surface area contributed by atoms with E-state index in [1.807, 2.05) is 14.0 Å². The van der Waals surface area contributed by atoms with Gasteiger partial charge in [-0.1, -0.05) is 0 Å². The molecule has 3 N–H and O–H groups in total. The molecule has 0 bridgehead atoms. The number of rotatable bonds is 6. The fourth-order valence-electron chi connectivity index (χ4n) is 1.41. The lowest BCUT2D eigenvalue weighted by molar-refractivity contribution is 0.0484. The number of aromatic nitrogens is 2. The first-order valence-electron chi connectivity index (χ1n) is 5.11. The van der Waals surface area contributed by atoms with E-state index in [1.165, 1.54) is 0 Å². The van der Waals surface area contributed by atoms with Crippen LogP contribution in [0.4, 0.5) is 0 Å². The molecule has 0 spiro atoms. The number of hydrogen-bond donors (Lipinski definition) is 2. The van der Waals surface area contributed by atoms with E-state index in [4.69, 9.17) is 15.6 Å². The van der Waals surface area contributed by atoms with Crippen molar-refractivity contribution in [1.82, 2.24) is 9.78 Å². The van der Waals surface area contributed by atoms with Crippen molar-refractivity contribution in [1.29, 1.82) is 0 Å². The van der Waals surface area contributed by atoms with E-state index in [1.54, 1.807) is 10.9 Å². The number of nitrogens with two attached hydrogens (primary N) is 1. The summed E-state index contributed by atoms with van der Waals surface area (Å²) in [6, 6.07) is 0. The molecule has 1 rings (SSSR count). The molecule has 0 fully saturated rings. The van der Waals surface area contributed by atoms with Gasteiger partial charge in [-0.05, 0) is 13.3 Å². The Morgan fingerprint density at radius 3 is 2.87 bits per heavy atom. The van der Waals surface area contributed by atoms with Crippen LogP contribution in [0, 0.1) is 6.92 Å². The number of aliphatic hydroxyl groups is 1. The fraction of sp³-hybridized carbons (Fsp3) is 0.700. The Labute approximate surface area is 89.8 Å². The molecule has 1 atom stereocenters. The van der Waals surface area contributed by atoms with Gasteiger partial charge in [0.25, 0.3) is 0 Å². The Bertz CT molecular complexity index is 299. The van der Waals surface area contributed by atoms with Crippen LogP contribution in [0.25, 0.3) is 0 Å². The number of aryl methyl sites for hydroxylation is 1. The first-order valence-corrected chi connectivity index (χ1v) is 5.11. The molecule has 0 radical (unpaired) electrons. The molecule has 5 nitrogen and oxygen atoms in total. The molecule has 0 saturated carbocycles. The minimum Gasteiger partial charge on any atom is -0.396 e. The lowest BCUT2D eigenvalue weighted by Crippen LogP contribution is -2.17. The third-order valence-corrected chi connectivity index (χ3v) is 2.46. The van der Waals surface area contributed by atoms with Crippen molar-refractivity contribution in [3.8, 4) is 0 Å². The van der Waals surface area contributed by atoms with Gasteiger partial charge in [0.2, 0.25) is 0 Å². The average Bonchev–Trinajstić information content (AvgIpc) is 2.56. The van der Waals surface area contributed by atoms with Gasteiger partial charge in [0, 0.05) is 38.1 Å². The zero-order valence-electron chi connectivity index (χ0n) is 9.31. The van der Waals surface area contributed by atoms with Crippen molar-refractivity contribution in [2.45, 2.75) is 19.4 Å². The molecule has 1 aromatic heterocycles. The predicted molar refractivity (Wildman–Crippen MR) is 57.4 cm³/mol. The molecule has 1 heterocycles. The highest BCUT2D eigenvalue weighted by atomic mass is 16.5. The Balaban J connectivity index is 2.61. The summed E-state index contributed by atoms with van der Waals surface area (Å²) in [6.45, 7) is 3.08. The molecular weight excluding hydrogens is 194 g/mol. The lowest BCUT2D eigenvalue weighted by atomic mass is 10.1. The van der Waals surface area contributed by atoms with Gasteiger partial charge in [-0.15, -0.1) is 0 Å². The minimum absolute atomic E-state index is 0.120. The molecule has 0 amide bonds. The highest BCUT2D eigenvalue weighted by molar-refractivity contribution is 5.19. The summed E-state index contributed by atoms with van der Waals surface area (Å²) >= 11 is 0. The van der Waals surface area contributed by atoms with E-state index in [9.17, 15) is 0 Å². The van der Waals surface area contributed by atoms with Crippen LogP contribution in [0.3, 0.4) is 0 Å². The third kappa shape index (κ3) is 3.02. The molecule has 1 aromatic rings. The van der Waals surface area contributed by atoms with Crippen molar-refractivity contribution in [3.63, 3.8) is 0 Å². The quantitative estimate of drug-likeness (QED) is 0.659. The molecule has 86 valence electrons. The SMILES string of the molecule is Cc1c(C(CN)OCCCO)cnn1C. The second-order valence-corrected chi connectivity index (χ2v) is 3.48. The van der Waals surface area contributed by atoms with Crippen LogP contribution in [-0.4, -0.2) is 34.6 Å². The maximum absolute atomic E-state index is 8.65. The second kappa shape index (κ2) is 5.85. The summed E-state index contributed by atoms with van der Waals surface area (Å²) in [4.78, 5) is 0. The summed E-state index contributed by atoms with van der Waals surface area (Å²) in [5.41, 5.74) is 7.73. The van der Waals surface area contributed by atoms with Crippen LogP contribution in [0.5, 0.6) is 0 Å². The Hall–Kier alpha value is -0.910. The lowest BCUT2D eigenvalue weighted by Gasteiger charge is -2.15. The van der Waals surface area contributed by atoms with Crippen molar-refractivity contribution >= 4 is 0 Å². The highest BCUT2D eigenvalue weighted by Crippen LogP contribution is 2.19. The fourth-order valence-corrected chi connectivity index (χ4v) is 1.41. The number of aliphatic hydroxyl groups excluding tert-OH is 1. The number of nitrogens with zero attached hydrogens (tertiary/aromatic N) is 2. The molecule has 0 aromatic carbocycles. The van der Waals surface area contributed by atoms with Gasteiger partial charge in [-0.25, -0.2) is 0 Å². The van der Waals surface area contributed by atoms with Crippen LogP contribution >= 0.6 is 0 Å². The smallest absolute Gasteiger partial charge is 0.0979 e. The summed E-state index contributed by atoms with van der Waals surface area (Å²) in [7, 11) is 1.89. The van der Waals surface area contributed by atoms with E-state index in [0.29, 0.717) is 19.6 Å². The number of hydrogen-bond acceptors (Lipinski definition) is 4. The molecule has 0 aliphatic carbocycles. The predicted octanol–water partition coefficient (Wildman–Crippen LogP) is 0.127. The van der Waals surface area contributed by atoms with Gasteiger partial charge in [-0.2, -0.15) is 5.10 Å². The molecule has 15 heavy (non-hydrogen) atoms. The summed E-state index contributed by atoms with van der Waals surface area (Å²) < 4.78 is 7.37. The summed E-state index contributed by atoms with van der Waals surface area (Å²) in [5, 5.41) is 12.8. The molecule has 1 unspecified atom stereocenters. The zero-order chi connectivity index (χ0) is 11.3. The standard InChI is InChI=1S/C10H19N3O2/c1-8-9(7-12-13(8)2)10(6-11)15-5-3-4-14/h7,10,14H,3-6,11H2,1-2H3. The Kier molecular flexibility index (Phi) is 4.74. The van der Waals surface area contributed by atoms with Gasteiger partial charge in [0.1, 0.15) is 0 Å². The molecular formula is C10H19N3O2. The topological polar surface area (TPSA) is 73.3 Å².